The van der Waals surface area contributed by atoms with Gasteiger partial charge in [-0.1, -0.05) is 16.6 Å². The molecular weight excluding hydrogens is 388 g/mol. The molecule has 0 spiro atoms. The fourth-order valence-electron chi connectivity index (χ4n) is 3.34. The van der Waals surface area contributed by atoms with Gasteiger partial charge in [-0.05, 0) is 47.9 Å². The van der Waals surface area contributed by atoms with Gasteiger partial charge in [0.05, 0.1) is 33.1 Å². The average Bonchev–Trinajstić information content (AvgIpc) is 3.27. The Morgan fingerprint density at radius 2 is 1.17 bits per heavy atom. The molecule has 0 aliphatic rings. The van der Waals surface area contributed by atoms with Crippen molar-refractivity contribution in [3.63, 3.8) is 0 Å². The highest BCUT2D eigenvalue weighted by atomic mass is 32.1. The number of methoxy groups -OCH3 is 4. The van der Waals surface area contributed by atoms with Gasteiger partial charge in [0.1, 0.15) is 28.5 Å². The lowest BCUT2D eigenvalue weighted by Gasteiger charge is -2.14. The topological polar surface area (TPSA) is 62.7 Å². The maximum Gasteiger partial charge on any atom is 0.127 e. The first-order valence-electron chi connectivity index (χ1n) is 8.90. The first-order valence-corrected chi connectivity index (χ1v) is 9.67. The number of nitrogens with zero attached hydrogens (tertiary/aromatic N) is 2. The van der Waals surface area contributed by atoms with E-state index in [-0.39, 0.29) is 0 Å². The molecule has 6 nitrogen and oxygen atoms in total. The van der Waals surface area contributed by atoms with Crippen LogP contribution in [0.25, 0.3) is 32.5 Å². The Balaban J connectivity index is 1.95. The summed E-state index contributed by atoms with van der Waals surface area (Å²) in [5.41, 5.74) is 4.52. The van der Waals surface area contributed by atoms with Gasteiger partial charge in [-0.15, -0.1) is 5.10 Å². The molecule has 0 aliphatic heterocycles. The van der Waals surface area contributed by atoms with Crippen molar-refractivity contribution in [2.75, 3.05) is 28.4 Å². The zero-order valence-corrected chi connectivity index (χ0v) is 17.4. The molecule has 4 aromatic rings. The Labute approximate surface area is 172 Å². The van der Waals surface area contributed by atoms with E-state index in [1.54, 1.807) is 28.4 Å². The molecule has 1 heterocycles. The zero-order valence-electron chi connectivity index (χ0n) is 16.6. The average molecular weight is 408 g/mol. The number of hydrogen-bond acceptors (Lipinski definition) is 7. The van der Waals surface area contributed by atoms with E-state index in [1.807, 2.05) is 48.5 Å². The molecule has 1 aromatic heterocycles. The van der Waals surface area contributed by atoms with Crippen LogP contribution >= 0.6 is 11.5 Å². The predicted octanol–water partition coefficient (Wildman–Crippen LogP) is 5.06. The van der Waals surface area contributed by atoms with Gasteiger partial charge in [0.25, 0.3) is 0 Å². The molecule has 0 N–H and O–H groups in total. The predicted molar refractivity (Wildman–Crippen MR) is 114 cm³/mol. The third-order valence-corrected chi connectivity index (χ3v) is 5.56. The van der Waals surface area contributed by atoms with E-state index in [2.05, 4.69) is 9.59 Å². The van der Waals surface area contributed by atoms with Gasteiger partial charge in [-0.2, -0.15) is 0 Å². The summed E-state index contributed by atoms with van der Waals surface area (Å²) in [6, 6.07) is 15.5. The molecule has 4 rings (SSSR count). The highest BCUT2D eigenvalue weighted by Crippen LogP contribution is 2.43. The maximum atomic E-state index is 5.58. The minimum Gasteiger partial charge on any atom is -0.497 e. The number of aromatic nitrogens is 2. The van der Waals surface area contributed by atoms with Gasteiger partial charge in [-0.25, -0.2) is 0 Å². The first-order chi connectivity index (χ1) is 14.2. The summed E-state index contributed by atoms with van der Waals surface area (Å²) in [6.07, 6.45) is 0. The van der Waals surface area contributed by atoms with Crippen molar-refractivity contribution >= 4 is 21.7 Å². The van der Waals surface area contributed by atoms with Crippen LogP contribution in [0, 0.1) is 0 Å². The monoisotopic (exact) mass is 408 g/mol. The van der Waals surface area contributed by atoms with E-state index >= 15 is 0 Å². The highest BCUT2D eigenvalue weighted by Gasteiger charge is 2.19. The summed E-state index contributed by atoms with van der Waals surface area (Å²) in [5.74, 6) is 3.00. The third kappa shape index (κ3) is 3.34. The van der Waals surface area contributed by atoms with Crippen LogP contribution < -0.4 is 18.9 Å². The van der Waals surface area contributed by atoms with Gasteiger partial charge in [0, 0.05) is 22.3 Å². The fraction of sp³-hybridized carbons (Fsp3) is 0.182. The molecule has 3 aromatic carbocycles. The fourth-order valence-corrected chi connectivity index (χ4v) is 4.06. The molecule has 0 unspecified atom stereocenters. The van der Waals surface area contributed by atoms with Crippen molar-refractivity contribution < 1.29 is 18.9 Å². The second-order valence-electron chi connectivity index (χ2n) is 6.24. The van der Waals surface area contributed by atoms with Gasteiger partial charge in [-0.3, -0.25) is 0 Å². The Morgan fingerprint density at radius 1 is 0.621 bits per heavy atom. The third-order valence-electron chi connectivity index (χ3n) is 4.80. The van der Waals surface area contributed by atoms with Crippen molar-refractivity contribution in [3.8, 4) is 45.3 Å². The van der Waals surface area contributed by atoms with Crippen molar-refractivity contribution in [2.24, 2.45) is 0 Å². The smallest absolute Gasteiger partial charge is 0.127 e. The second kappa shape index (κ2) is 7.97. The van der Waals surface area contributed by atoms with Gasteiger partial charge >= 0.3 is 0 Å². The van der Waals surface area contributed by atoms with Gasteiger partial charge in [0.15, 0.2) is 0 Å². The number of hydrogen-bond donors (Lipinski definition) is 0. The summed E-state index contributed by atoms with van der Waals surface area (Å²) in [6.45, 7) is 0. The van der Waals surface area contributed by atoms with Crippen LogP contribution in [-0.2, 0) is 0 Å². The highest BCUT2D eigenvalue weighted by molar-refractivity contribution is 7.13. The van der Waals surface area contributed by atoms with E-state index in [0.717, 1.165) is 55.5 Å². The molecule has 0 aliphatic carbocycles. The molecule has 7 heteroatoms. The molecule has 0 atom stereocenters. The number of benzene rings is 3. The Kier molecular flexibility index (Phi) is 5.22. The lowest BCUT2D eigenvalue weighted by atomic mass is 9.97. The minimum absolute atomic E-state index is 0.742. The SMILES string of the molecule is COc1ccc(OC)c(-c2ccc(-c3cc(OC)ccc3OC)c3snnc23)c1. The molecule has 0 bridgehead atoms. The summed E-state index contributed by atoms with van der Waals surface area (Å²) in [5, 5.41) is 4.41. The number of fused-ring (bicyclic) bond motifs is 1. The Morgan fingerprint density at radius 3 is 1.72 bits per heavy atom. The molecule has 148 valence electrons. The maximum absolute atomic E-state index is 5.58. The van der Waals surface area contributed by atoms with E-state index in [9.17, 15) is 0 Å². The van der Waals surface area contributed by atoms with E-state index in [1.165, 1.54) is 11.5 Å². The summed E-state index contributed by atoms with van der Waals surface area (Å²) in [7, 11) is 6.59. The largest absolute Gasteiger partial charge is 0.497 e. The van der Waals surface area contributed by atoms with E-state index < -0.39 is 0 Å². The summed E-state index contributed by atoms with van der Waals surface area (Å²) >= 11 is 1.34. The van der Waals surface area contributed by atoms with Crippen LogP contribution in [0.1, 0.15) is 0 Å². The second-order valence-corrected chi connectivity index (χ2v) is 7.00. The lowest BCUT2D eigenvalue weighted by Crippen LogP contribution is -1.93. The minimum atomic E-state index is 0.742. The van der Waals surface area contributed by atoms with Crippen molar-refractivity contribution in [1.29, 1.82) is 0 Å². The van der Waals surface area contributed by atoms with E-state index in [4.69, 9.17) is 18.9 Å². The van der Waals surface area contributed by atoms with Crippen LogP contribution in [0.3, 0.4) is 0 Å². The van der Waals surface area contributed by atoms with Crippen molar-refractivity contribution in [2.45, 2.75) is 0 Å². The molecule has 0 saturated heterocycles. The number of ether oxygens (including phenoxy) is 4. The molecule has 0 saturated carbocycles. The Bertz CT molecular complexity index is 1080. The quantitative estimate of drug-likeness (QED) is 0.444. The van der Waals surface area contributed by atoms with Crippen LogP contribution in [0.5, 0.6) is 23.0 Å². The van der Waals surface area contributed by atoms with Crippen LogP contribution in [-0.4, -0.2) is 38.0 Å². The molecule has 0 radical (unpaired) electrons. The Hall–Kier alpha value is -3.32. The lowest BCUT2D eigenvalue weighted by molar-refractivity contribution is 0.404. The zero-order chi connectivity index (χ0) is 20.4. The standard InChI is InChI=1S/C22H20N2O4S/c1-25-13-5-9-19(27-3)17(11-13)15-7-8-16(22-21(15)23-24-29-22)18-12-14(26-2)6-10-20(18)28-4/h5-12H,1-4H3. The number of rotatable bonds is 6. The summed E-state index contributed by atoms with van der Waals surface area (Å²) < 4.78 is 27.1. The van der Waals surface area contributed by atoms with Gasteiger partial charge < -0.3 is 18.9 Å². The molecule has 29 heavy (non-hydrogen) atoms. The normalized spacial score (nSPS) is 10.8. The van der Waals surface area contributed by atoms with Crippen LogP contribution in [0.2, 0.25) is 0 Å². The molecule has 0 amide bonds. The van der Waals surface area contributed by atoms with Crippen LogP contribution in [0.15, 0.2) is 48.5 Å². The van der Waals surface area contributed by atoms with Crippen molar-refractivity contribution in [1.82, 2.24) is 9.59 Å². The van der Waals surface area contributed by atoms with Crippen molar-refractivity contribution in [3.05, 3.63) is 48.5 Å². The molecule has 0 fully saturated rings. The molecular formula is C22H20N2O4S. The van der Waals surface area contributed by atoms with Crippen LogP contribution in [0.4, 0.5) is 0 Å². The summed E-state index contributed by atoms with van der Waals surface area (Å²) in [4.78, 5) is 0. The van der Waals surface area contributed by atoms with E-state index in [0.29, 0.717) is 0 Å². The first kappa shape index (κ1) is 19.0. The van der Waals surface area contributed by atoms with Gasteiger partial charge in [0.2, 0.25) is 0 Å².